The van der Waals surface area contributed by atoms with E-state index in [0.717, 1.165) is 45.7 Å². The van der Waals surface area contributed by atoms with Crippen LogP contribution < -0.4 is 14.4 Å². The van der Waals surface area contributed by atoms with Gasteiger partial charge in [0.25, 0.3) is 0 Å². The lowest BCUT2D eigenvalue weighted by Gasteiger charge is -2.38. The predicted molar refractivity (Wildman–Crippen MR) is 256 cm³/mol. The zero-order valence-corrected chi connectivity index (χ0v) is 40.2. The fraction of sp³-hybridized carbons (Fsp3) is 0.510. The Morgan fingerprint density at radius 2 is 1.58 bits per heavy atom. The number of nitrogens with zero attached hydrogens (tertiary/aromatic N) is 6. The molecule has 0 aliphatic carbocycles. The second-order valence-corrected chi connectivity index (χ2v) is 24.8. The van der Waals surface area contributed by atoms with Gasteiger partial charge >= 0.3 is 6.01 Å². The number of benzene rings is 3. The summed E-state index contributed by atoms with van der Waals surface area (Å²) in [6.07, 6.45) is 2.93. The van der Waals surface area contributed by atoms with Gasteiger partial charge in [-0.1, -0.05) is 90.8 Å². The van der Waals surface area contributed by atoms with E-state index in [1.54, 1.807) is 31.3 Å². The number of hydrogen-bond donors (Lipinski definition) is 1. The van der Waals surface area contributed by atoms with Crippen LogP contribution in [0.2, 0.25) is 16.6 Å². The second-order valence-electron chi connectivity index (χ2n) is 19.2. The number of aliphatic hydroxyl groups is 1. The molecule has 4 heterocycles. The van der Waals surface area contributed by atoms with Gasteiger partial charge in [0.2, 0.25) is 0 Å². The summed E-state index contributed by atoms with van der Waals surface area (Å²) in [5.41, 5.74) is 5.51. The zero-order chi connectivity index (χ0) is 45.8. The Morgan fingerprint density at radius 1 is 0.875 bits per heavy atom. The smallest absolute Gasteiger partial charge is 0.319 e. The Morgan fingerprint density at radius 3 is 2.25 bits per heavy atom. The van der Waals surface area contributed by atoms with Crippen LogP contribution in [0.1, 0.15) is 79.4 Å². The number of halogens is 2. The first-order chi connectivity index (χ1) is 30.6. The van der Waals surface area contributed by atoms with Crippen LogP contribution in [0, 0.1) is 29.0 Å². The lowest BCUT2D eigenvalue weighted by Crippen LogP contribution is -2.47. The highest BCUT2D eigenvalue weighted by atomic mass is 28.3. The molecule has 10 nitrogen and oxygen atoms in total. The average molecular weight is 893 g/mol. The maximum atomic E-state index is 17.7. The molecule has 3 aromatic carbocycles. The van der Waals surface area contributed by atoms with Crippen LogP contribution in [0.4, 0.5) is 14.6 Å². The van der Waals surface area contributed by atoms with E-state index in [2.05, 4.69) is 94.0 Å². The molecule has 342 valence electrons. The van der Waals surface area contributed by atoms with Crippen LogP contribution in [0.15, 0.2) is 60.8 Å². The van der Waals surface area contributed by atoms with E-state index in [9.17, 15) is 5.11 Å². The fourth-order valence-corrected chi connectivity index (χ4v) is 15.3. The first kappa shape index (κ1) is 47.3. The minimum Gasteiger partial charge on any atom is -0.468 e. The topological polar surface area (TPSA) is 96.3 Å². The molecule has 2 saturated heterocycles. The van der Waals surface area contributed by atoms with E-state index < -0.39 is 25.3 Å². The lowest BCUT2D eigenvalue weighted by atomic mass is 9.94. The molecular formula is C51H66F2N6O4Si. The number of methoxy groups -OCH3 is 1. The van der Waals surface area contributed by atoms with Crippen molar-refractivity contribution in [1.82, 2.24) is 24.8 Å². The van der Waals surface area contributed by atoms with Crippen molar-refractivity contribution in [1.29, 1.82) is 0 Å². The van der Waals surface area contributed by atoms with Gasteiger partial charge in [-0.2, -0.15) is 9.97 Å². The van der Waals surface area contributed by atoms with E-state index in [1.807, 2.05) is 11.0 Å². The summed E-state index contributed by atoms with van der Waals surface area (Å²) < 4.78 is 51.5. The number of anilines is 1. The van der Waals surface area contributed by atoms with Crippen LogP contribution in [-0.4, -0.2) is 110 Å². The summed E-state index contributed by atoms with van der Waals surface area (Å²) in [5, 5.41) is 12.6. The molecule has 0 amide bonds. The molecule has 0 radical (unpaired) electrons. The maximum Gasteiger partial charge on any atom is 0.319 e. The van der Waals surface area contributed by atoms with E-state index in [4.69, 9.17) is 29.2 Å². The maximum absolute atomic E-state index is 17.7. The van der Waals surface area contributed by atoms with Crippen molar-refractivity contribution in [3.05, 3.63) is 83.6 Å². The van der Waals surface area contributed by atoms with Crippen LogP contribution >= 0.6 is 0 Å². The average Bonchev–Trinajstić information content (AvgIpc) is 3.26. The standard InChI is InChI=1S/C51H66F2N6O4Si/c1-34(2)64(35(3)4,36(5)6)25-18-41-44(52)17-16-39-26-40(63-33-61-9)27-42(45(39)41)47-46(53)48-43(28-54-47)49(59-20-13-19-51(8,60)32-59)56-50(55-48)62-31-37(7)29-57-21-23-58(24-22-57)30-38-14-11-10-12-15-38/h10-12,14-17,26-28,34-37,60H,13,19-24,29-33H2,1-9H3/t37?,51-/m1/s1. The number of β-amino-alcohol motifs (C(OH)–C–C–N with tert-alkyl or cyclic N) is 1. The van der Waals surface area contributed by atoms with Gasteiger partial charge in [0.05, 0.1) is 23.2 Å². The molecule has 2 aromatic heterocycles. The molecule has 2 aliphatic heterocycles. The molecule has 2 aliphatic rings. The fourth-order valence-electron chi connectivity index (χ4n) is 10.1. The third kappa shape index (κ3) is 10.4. The van der Waals surface area contributed by atoms with Crippen LogP contribution in [-0.2, 0) is 11.3 Å². The second kappa shape index (κ2) is 20.2. The van der Waals surface area contributed by atoms with Crippen LogP contribution in [0.5, 0.6) is 11.8 Å². The molecule has 13 heteroatoms. The highest BCUT2D eigenvalue weighted by Gasteiger charge is 2.42. The SMILES string of the molecule is COCOc1cc(-c2ncc3c(N4CCC[C@@](C)(O)C4)nc(OCC(C)CN4CCN(Cc5ccccc5)CC4)nc3c2F)c2c(C#C[Si](C(C)C)(C(C)C)C(C)C)c(F)ccc2c1. The number of piperidine rings is 1. The lowest BCUT2D eigenvalue weighted by molar-refractivity contribution is 0.0447. The van der Waals surface area contributed by atoms with Crippen molar-refractivity contribution in [2.24, 2.45) is 5.92 Å². The molecule has 0 spiro atoms. The molecule has 2 fully saturated rings. The van der Waals surface area contributed by atoms with Crippen LogP contribution in [0.25, 0.3) is 32.9 Å². The summed E-state index contributed by atoms with van der Waals surface area (Å²) in [6, 6.07) is 17.2. The molecule has 0 saturated carbocycles. The number of piperazine rings is 1. The number of pyridine rings is 1. The summed E-state index contributed by atoms with van der Waals surface area (Å²) >= 11 is 0. The Bertz CT molecular complexity index is 2450. The Labute approximate surface area is 379 Å². The minimum absolute atomic E-state index is 0.0173. The van der Waals surface area contributed by atoms with Crippen molar-refractivity contribution >= 4 is 35.6 Å². The molecule has 7 rings (SSSR count). The van der Waals surface area contributed by atoms with Gasteiger partial charge in [-0.05, 0) is 65.5 Å². The van der Waals surface area contributed by atoms with Crippen molar-refractivity contribution in [3.63, 3.8) is 0 Å². The molecule has 1 N–H and O–H groups in total. The van der Waals surface area contributed by atoms with Crippen molar-refractivity contribution in [2.45, 2.75) is 97.0 Å². The van der Waals surface area contributed by atoms with Gasteiger partial charge < -0.3 is 29.1 Å². The van der Waals surface area contributed by atoms with Crippen molar-refractivity contribution < 1.29 is 28.1 Å². The van der Waals surface area contributed by atoms with E-state index >= 15 is 8.78 Å². The normalized spacial score (nSPS) is 18.3. The number of aromatic nitrogens is 3. The van der Waals surface area contributed by atoms with Gasteiger partial charge in [0, 0.05) is 82.5 Å². The largest absolute Gasteiger partial charge is 0.468 e. The Kier molecular flexibility index (Phi) is 14.9. The third-order valence-corrected chi connectivity index (χ3v) is 19.6. The highest BCUT2D eigenvalue weighted by molar-refractivity contribution is 6.90. The van der Waals surface area contributed by atoms with Gasteiger partial charge in [-0.25, -0.2) is 8.78 Å². The Balaban J connectivity index is 1.27. The van der Waals surface area contributed by atoms with E-state index in [1.165, 1.54) is 18.7 Å². The van der Waals surface area contributed by atoms with Gasteiger partial charge in [0.15, 0.2) is 12.6 Å². The van der Waals surface area contributed by atoms with Gasteiger partial charge in [-0.15, -0.1) is 5.54 Å². The quantitative estimate of drug-likeness (QED) is 0.0622. The summed E-state index contributed by atoms with van der Waals surface area (Å²) in [5.74, 6) is 3.13. The predicted octanol–water partition coefficient (Wildman–Crippen LogP) is 9.86. The van der Waals surface area contributed by atoms with Gasteiger partial charge in [-0.3, -0.25) is 9.88 Å². The van der Waals surface area contributed by atoms with Crippen LogP contribution in [0.3, 0.4) is 0 Å². The van der Waals surface area contributed by atoms with Crippen molar-refractivity contribution in [3.8, 4) is 34.5 Å². The molecule has 5 aromatic rings. The summed E-state index contributed by atoms with van der Waals surface area (Å²) in [7, 11) is -0.769. The molecule has 0 bridgehead atoms. The van der Waals surface area contributed by atoms with E-state index in [0.29, 0.717) is 76.0 Å². The monoisotopic (exact) mass is 892 g/mol. The minimum atomic E-state index is -2.29. The summed E-state index contributed by atoms with van der Waals surface area (Å²) in [6.45, 7) is 24.1. The number of fused-ring (bicyclic) bond motifs is 2. The van der Waals surface area contributed by atoms with Gasteiger partial charge in [0.1, 0.15) is 36.7 Å². The molecule has 1 unspecified atom stereocenters. The zero-order valence-electron chi connectivity index (χ0n) is 39.2. The first-order valence-corrected chi connectivity index (χ1v) is 25.2. The molecule has 64 heavy (non-hydrogen) atoms. The van der Waals surface area contributed by atoms with Crippen molar-refractivity contribution in [2.75, 3.05) is 71.2 Å². The number of ether oxygens (including phenoxy) is 3. The van der Waals surface area contributed by atoms with E-state index in [-0.39, 0.29) is 35.5 Å². The highest BCUT2D eigenvalue weighted by Crippen LogP contribution is 2.43. The summed E-state index contributed by atoms with van der Waals surface area (Å²) in [4.78, 5) is 21.3. The third-order valence-electron chi connectivity index (χ3n) is 13.3. The first-order valence-electron chi connectivity index (χ1n) is 23.0. The Hall–Kier alpha value is -4.71. The number of rotatable bonds is 15. The number of hydrogen-bond acceptors (Lipinski definition) is 10. The molecule has 2 atom stereocenters. The molecular weight excluding hydrogens is 827 g/mol.